The monoisotopic (exact) mass is 294 g/mol. The number of aromatic nitrogens is 2. The molecule has 21 heavy (non-hydrogen) atoms. The molecule has 0 radical (unpaired) electrons. The number of morpholine rings is 1. The van der Waals surface area contributed by atoms with Gasteiger partial charge in [0.25, 0.3) is 5.91 Å². The lowest BCUT2D eigenvalue weighted by Gasteiger charge is -2.33. The van der Waals surface area contributed by atoms with E-state index in [9.17, 15) is 9.59 Å². The van der Waals surface area contributed by atoms with Gasteiger partial charge in [-0.05, 0) is 5.92 Å². The van der Waals surface area contributed by atoms with Crippen molar-refractivity contribution in [2.24, 2.45) is 13.0 Å². The molecule has 1 aromatic heterocycles. The molecule has 2 rings (SSSR count). The summed E-state index contributed by atoms with van der Waals surface area (Å²) in [5, 5.41) is 2.82. The number of hydrogen-bond acceptors (Lipinski definition) is 4. The zero-order valence-electron chi connectivity index (χ0n) is 12.7. The van der Waals surface area contributed by atoms with Gasteiger partial charge < -0.3 is 19.5 Å². The highest BCUT2D eigenvalue weighted by molar-refractivity contribution is 5.92. The molecule has 7 heteroatoms. The maximum atomic E-state index is 12.0. The van der Waals surface area contributed by atoms with E-state index in [1.807, 2.05) is 0 Å². The van der Waals surface area contributed by atoms with E-state index in [1.54, 1.807) is 22.8 Å². The Balaban J connectivity index is 1.84. The van der Waals surface area contributed by atoms with Crippen LogP contribution in [0.5, 0.6) is 0 Å². The van der Waals surface area contributed by atoms with Crippen molar-refractivity contribution < 1.29 is 14.3 Å². The van der Waals surface area contributed by atoms with Crippen molar-refractivity contribution in [1.82, 2.24) is 19.8 Å². The summed E-state index contributed by atoms with van der Waals surface area (Å²) in [4.78, 5) is 29.4. The van der Waals surface area contributed by atoms with Crippen molar-refractivity contribution >= 4 is 11.8 Å². The maximum Gasteiger partial charge on any atom is 0.269 e. The molecular weight excluding hydrogens is 272 g/mol. The van der Waals surface area contributed by atoms with E-state index >= 15 is 0 Å². The van der Waals surface area contributed by atoms with Gasteiger partial charge in [0.15, 0.2) is 0 Å². The Morgan fingerprint density at radius 3 is 2.95 bits per heavy atom. The van der Waals surface area contributed by atoms with E-state index in [0.717, 1.165) is 0 Å². The first-order valence-electron chi connectivity index (χ1n) is 7.11. The number of carbonyl (C=O) groups is 2. The number of hydrogen-bond donors (Lipinski definition) is 1. The summed E-state index contributed by atoms with van der Waals surface area (Å²) in [5.74, 6) is 0.237. The number of aryl methyl sites for hydroxylation is 1. The van der Waals surface area contributed by atoms with E-state index in [2.05, 4.69) is 24.1 Å². The molecule has 1 unspecified atom stereocenters. The van der Waals surface area contributed by atoms with Crippen LogP contribution in [0.25, 0.3) is 0 Å². The van der Waals surface area contributed by atoms with Crippen LogP contribution in [0.4, 0.5) is 0 Å². The van der Waals surface area contributed by atoms with E-state index in [0.29, 0.717) is 31.2 Å². The lowest BCUT2D eigenvalue weighted by molar-refractivity contribution is -0.149. The summed E-state index contributed by atoms with van der Waals surface area (Å²) in [5.41, 5.74) is 0.501. The molecule has 1 aliphatic heterocycles. The first-order chi connectivity index (χ1) is 9.97. The van der Waals surface area contributed by atoms with Gasteiger partial charge in [-0.2, -0.15) is 0 Å². The van der Waals surface area contributed by atoms with Gasteiger partial charge in [-0.25, -0.2) is 4.98 Å². The van der Waals surface area contributed by atoms with Crippen molar-refractivity contribution in [1.29, 1.82) is 0 Å². The standard InChI is InChI=1S/C14H22N4O3/c1-10(2)6-18-7-11(21-8-13(18)19)4-16-14(20)12-5-15-9-17(12)3/h5,9-11H,4,6-8H2,1-3H3,(H,16,20). The smallest absolute Gasteiger partial charge is 0.269 e. The van der Waals surface area contributed by atoms with Crippen molar-refractivity contribution in [3.05, 3.63) is 18.2 Å². The van der Waals surface area contributed by atoms with E-state index in [4.69, 9.17) is 4.74 Å². The van der Waals surface area contributed by atoms with Crippen LogP contribution >= 0.6 is 0 Å². The number of amides is 2. The highest BCUT2D eigenvalue weighted by Crippen LogP contribution is 2.09. The van der Waals surface area contributed by atoms with Gasteiger partial charge in [-0.1, -0.05) is 13.8 Å². The van der Waals surface area contributed by atoms with Crippen LogP contribution in [0.3, 0.4) is 0 Å². The molecule has 0 spiro atoms. The molecule has 0 aromatic carbocycles. The van der Waals surface area contributed by atoms with E-state index in [1.165, 1.54) is 6.20 Å². The Morgan fingerprint density at radius 2 is 2.33 bits per heavy atom. The number of nitrogens with one attached hydrogen (secondary N) is 1. The van der Waals surface area contributed by atoms with Crippen molar-refractivity contribution in [3.63, 3.8) is 0 Å². The molecule has 1 aromatic rings. The Labute approximate surface area is 124 Å². The second-order valence-electron chi connectivity index (χ2n) is 5.73. The second kappa shape index (κ2) is 6.71. The molecule has 1 aliphatic rings. The summed E-state index contributed by atoms with van der Waals surface area (Å²) in [6.07, 6.45) is 2.93. The number of rotatable bonds is 5. The molecule has 1 saturated heterocycles. The fourth-order valence-electron chi connectivity index (χ4n) is 2.29. The van der Waals surface area contributed by atoms with Gasteiger partial charge in [-0.3, -0.25) is 9.59 Å². The van der Waals surface area contributed by atoms with Gasteiger partial charge in [-0.15, -0.1) is 0 Å². The van der Waals surface area contributed by atoms with E-state index < -0.39 is 0 Å². The predicted molar refractivity (Wildman–Crippen MR) is 76.7 cm³/mol. The molecule has 0 bridgehead atoms. The fraction of sp³-hybridized carbons (Fsp3) is 0.643. The van der Waals surface area contributed by atoms with E-state index in [-0.39, 0.29) is 24.5 Å². The molecule has 2 heterocycles. The average Bonchev–Trinajstić information content (AvgIpc) is 2.85. The van der Waals surface area contributed by atoms with Crippen LogP contribution in [-0.4, -0.2) is 58.6 Å². The highest BCUT2D eigenvalue weighted by atomic mass is 16.5. The molecule has 0 aliphatic carbocycles. The summed E-state index contributed by atoms with van der Waals surface area (Å²) in [6.45, 7) is 5.84. The van der Waals surface area contributed by atoms with Crippen molar-refractivity contribution in [2.45, 2.75) is 20.0 Å². The third-order valence-electron chi connectivity index (χ3n) is 3.34. The highest BCUT2D eigenvalue weighted by Gasteiger charge is 2.27. The third kappa shape index (κ3) is 4.04. The molecule has 7 nitrogen and oxygen atoms in total. The van der Waals surface area contributed by atoms with Crippen LogP contribution in [-0.2, 0) is 16.6 Å². The lowest BCUT2D eigenvalue weighted by Crippen LogP contribution is -2.51. The Hall–Kier alpha value is -1.89. The van der Waals surface area contributed by atoms with Gasteiger partial charge in [0.1, 0.15) is 12.3 Å². The zero-order chi connectivity index (χ0) is 15.4. The number of ether oxygens (including phenoxy) is 1. The maximum absolute atomic E-state index is 12.0. The molecule has 1 fully saturated rings. The van der Waals surface area contributed by atoms with Crippen LogP contribution in [0.15, 0.2) is 12.5 Å². The van der Waals surface area contributed by atoms with Crippen molar-refractivity contribution in [3.8, 4) is 0 Å². The number of carbonyl (C=O) groups excluding carboxylic acids is 2. The third-order valence-corrected chi connectivity index (χ3v) is 3.34. The summed E-state index contributed by atoms with van der Waals surface area (Å²) < 4.78 is 7.13. The normalized spacial score (nSPS) is 19.1. The fourth-order valence-corrected chi connectivity index (χ4v) is 2.29. The molecule has 1 N–H and O–H groups in total. The van der Waals surface area contributed by atoms with Crippen molar-refractivity contribution in [2.75, 3.05) is 26.2 Å². The van der Waals surface area contributed by atoms with Crippen LogP contribution in [0.2, 0.25) is 0 Å². The molecule has 2 amide bonds. The number of imidazole rings is 1. The quantitative estimate of drug-likeness (QED) is 0.831. The minimum atomic E-state index is -0.189. The van der Waals surface area contributed by atoms with Crippen LogP contribution in [0, 0.1) is 5.92 Å². The summed E-state index contributed by atoms with van der Waals surface area (Å²) in [7, 11) is 1.77. The van der Waals surface area contributed by atoms with Crippen LogP contribution in [0.1, 0.15) is 24.3 Å². The SMILES string of the molecule is CC(C)CN1CC(CNC(=O)c2cncn2C)OCC1=O. The lowest BCUT2D eigenvalue weighted by atomic mass is 10.1. The molecule has 1 atom stereocenters. The number of nitrogens with zero attached hydrogens (tertiary/aromatic N) is 3. The summed E-state index contributed by atoms with van der Waals surface area (Å²) in [6, 6.07) is 0. The predicted octanol–water partition coefficient (Wildman–Crippen LogP) is 0.0333. The topological polar surface area (TPSA) is 76.5 Å². The largest absolute Gasteiger partial charge is 0.365 e. The van der Waals surface area contributed by atoms with Gasteiger partial charge >= 0.3 is 0 Å². The van der Waals surface area contributed by atoms with Gasteiger partial charge in [0.05, 0.1) is 18.6 Å². The minimum absolute atomic E-state index is 0.0120. The minimum Gasteiger partial charge on any atom is -0.365 e. The summed E-state index contributed by atoms with van der Waals surface area (Å²) >= 11 is 0. The van der Waals surface area contributed by atoms with Gasteiger partial charge in [0.2, 0.25) is 5.91 Å². The Bertz CT molecular complexity index is 512. The van der Waals surface area contributed by atoms with Crippen LogP contribution < -0.4 is 5.32 Å². The Kier molecular flexibility index (Phi) is 4.95. The molecule has 116 valence electrons. The first-order valence-corrected chi connectivity index (χ1v) is 7.11. The first kappa shape index (κ1) is 15.5. The zero-order valence-corrected chi connectivity index (χ0v) is 12.7. The molecular formula is C14H22N4O3. The molecule has 0 saturated carbocycles. The second-order valence-corrected chi connectivity index (χ2v) is 5.73. The Morgan fingerprint density at radius 1 is 1.57 bits per heavy atom. The van der Waals surface area contributed by atoms with Gasteiger partial charge in [0, 0.05) is 26.7 Å². The average molecular weight is 294 g/mol.